The van der Waals surface area contributed by atoms with Gasteiger partial charge in [0.05, 0.1) is 6.61 Å². The zero-order chi connectivity index (χ0) is 21.6. The van der Waals surface area contributed by atoms with Crippen molar-refractivity contribution in [1.29, 1.82) is 0 Å². The maximum absolute atomic E-state index is 14.0. The Hall–Kier alpha value is -0.600. The summed E-state index contributed by atoms with van der Waals surface area (Å²) < 4.78 is 19.2. The van der Waals surface area contributed by atoms with Crippen molar-refractivity contribution in [2.45, 2.75) is 149 Å². The molecular formula is C26H51FO2. The molecule has 0 spiro atoms. The number of carbonyl (C=O) groups excluding carboxylic acids is 1. The first-order valence-electron chi connectivity index (χ1n) is 13.0. The molecule has 0 saturated heterocycles. The van der Waals surface area contributed by atoms with Crippen molar-refractivity contribution in [3.63, 3.8) is 0 Å². The topological polar surface area (TPSA) is 26.3 Å². The van der Waals surface area contributed by atoms with E-state index < -0.39 is 12.1 Å². The van der Waals surface area contributed by atoms with Gasteiger partial charge in [-0.3, -0.25) is 0 Å². The van der Waals surface area contributed by atoms with Crippen molar-refractivity contribution < 1.29 is 13.9 Å². The van der Waals surface area contributed by atoms with E-state index in [4.69, 9.17) is 4.74 Å². The van der Waals surface area contributed by atoms with Gasteiger partial charge in [-0.1, -0.05) is 124 Å². The summed E-state index contributed by atoms with van der Waals surface area (Å²) in [5.41, 5.74) is 0. The molecule has 0 bridgehead atoms. The highest BCUT2D eigenvalue weighted by atomic mass is 19.1. The van der Waals surface area contributed by atoms with Crippen LogP contribution in [0, 0.1) is 5.92 Å². The highest BCUT2D eigenvalue weighted by molar-refractivity contribution is 5.74. The Morgan fingerprint density at radius 1 is 0.655 bits per heavy atom. The van der Waals surface area contributed by atoms with Crippen LogP contribution >= 0.6 is 0 Å². The van der Waals surface area contributed by atoms with E-state index >= 15 is 0 Å². The zero-order valence-corrected chi connectivity index (χ0v) is 20.0. The number of ether oxygens (including phenoxy) is 1. The largest absolute Gasteiger partial charge is 0.463 e. The summed E-state index contributed by atoms with van der Waals surface area (Å²) >= 11 is 0. The number of hydrogen-bond acceptors (Lipinski definition) is 2. The monoisotopic (exact) mass is 414 g/mol. The molecule has 0 N–H and O–H groups in total. The lowest BCUT2D eigenvalue weighted by Gasteiger charge is -2.15. The minimum absolute atomic E-state index is 0.322. The summed E-state index contributed by atoms with van der Waals surface area (Å²) in [4.78, 5) is 11.8. The number of unbranched alkanes of at least 4 members (excludes halogenated alkanes) is 14. The van der Waals surface area contributed by atoms with Gasteiger partial charge in [-0.2, -0.15) is 0 Å². The van der Waals surface area contributed by atoms with E-state index in [1.807, 2.05) is 0 Å². The van der Waals surface area contributed by atoms with E-state index in [1.54, 1.807) is 0 Å². The fraction of sp³-hybridized carbons (Fsp3) is 0.962. The molecule has 0 aliphatic rings. The molecule has 2 atom stereocenters. The van der Waals surface area contributed by atoms with Gasteiger partial charge in [0, 0.05) is 0 Å². The van der Waals surface area contributed by atoms with Crippen LogP contribution in [0.15, 0.2) is 0 Å². The Kier molecular flexibility index (Phi) is 21.6. The predicted molar refractivity (Wildman–Crippen MR) is 124 cm³/mol. The van der Waals surface area contributed by atoms with Crippen LogP contribution < -0.4 is 0 Å². The maximum atomic E-state index is 14.0. The molecule has 0 heterocycles. The van der Waals surface area contributed by atoms with Crippen molar-refractivity contribution >= 4 is 5.97 Å². The van der Waals surface area contributed by atoms with Crippen molar-refractivity contribution in [2.75, 3.05) is 6.61 Å². The molecule has 29 heavy (non-hydrogen) atoms. The van der Waals surface area contributed by atoms with Gasteiger partial charge in [-0.25, -0.2) is 9.18 Å². The van der Waals surface area contributed by atoms with Gasteiger partial charge < -0.3 is 4.74 Å². The van der Waals surface area contributed by atoms with Gasteiger partial charge in [-0.15, -0.1) is 0 Å². The number of halogens is 1. The van der Waals surface area contributed by atoms with Crippen LogP contribution in [0.2, 0.25) is 0 Å². The smallest absolute Gasteiger partial charge is 0.340 e. The second-order valence-corrected chi connectivity index (χ2v) is 8.90. The molecule has 0 amide bonds. The fourth-order valence-corrected chi connectivity index (χ4v) is 3.82. The molecule has 0 aromatic carbocycles. The lowest BCUT2D eigenvalue weighted by Crippen LogP contribution is -2.22. The van der Waals surface area contributed by atoms with Gasteiger partial charge in [0.2, 0.25) is 0 Å². The van der Waals surface area contributed by atoms with E-state index in [1.165, 1.54) is 70.6 Å². The Balaban J connectivity index is 3.43. The Morgan fingerprint density at radius 3 is 1.55 bits per heavy atom. The third-order valence-electron chi connectivity index (χ3n) is 6.07. The van der Waals surface area contributed by atoms with Crippen LogP contribution in [-0.4, -0.2) is 18.7 Å². The number of hydrogen-bond donors (Lipinski definition) is 0. The number of alkyl halides is 1. The van der Waals surface area contributed by atoms with E-state index in [0.717, 1.165) is 44.9 Å². The van der Waals surface area contributed by atoms with Crippen LogP contribution in [-0.2, 0) is 9.53 Å². The van der Waals surface area contributed by atoms with E-state index in [2.05, 4.69) is 20.8 Å². The summed E-state index contributed by atoms with van der Waals surface area (Å²) in [6.45, 7) is 6.92. The maximum Gasteiger partial charge on any atom is 0.340 e. The van der Waals surface area contributed by atoms with E-state index in [-0.39, 0.29) is 0 Å². The van der Waals surface area contributed by atoms with Gasteiger partial charge in [-0.05, 0) is 25.2 Å². The molecule has 2 unspecified atom stereocenters. The van der Waals surface area contributed by atoms with Crippen LogP contribution in [0.3, 0.4) is 0 Å². The second kappa shape index (κ2) is 22.1. The highest BCUT2D eigenvalue weighted by Crippen LogP contribution is 2.16. The van der Waals surface area contributed by atoms with Crippen molar-refractivity contribution in [2.24, 2.45) is 5.92 Å². The molecular weight excluding hydrogens is 363 g/mol. The SMILES string of the molecule is CCCCCCCCCCCCCCCCC(F)C(=O)OCC(CC)CCCC. The normalized spacial score (nSPS) is 13.4. The molecule has 0 aromatic heterocycles. The van der Waals surface area contributed by atoms with Crippen molar-refractivity contribution in [3.05, 3.63) is 0 Å². The second-order valence-electron chi connectivity index (χ2n) is 8.90. The first-order chi connectivity index (χ1) is 14.2. The van der Waals surface area contributed by atoms with Crippen LogP contribution in [0.4, 0.5) is 4.39 Å². The highest BCUT2D eigenvalue weighted by Gasteiger charge is 2.19. The molecule has 0 radical (unpaired) electrons. The first-order valence-corrected chi connectivity index (χ1v) is 13.0. The quantitative estimate of drug-likeness (QED) is 0.130. The molecule has 0 aliphatic carbocycles. The van der Waals surface area contributed by atoms with Crippen molar-refractivity contribution in [1.82, 2.24) is 0 Å². The molecule has 3 heteroatoms. The average Bonchev–Trinajstić information content (AvgIpc) is 2.73. The molecule has 2 nitrogen and oxygen atoms in total. The van der Waals surface area contributed by atoms with Gasteiger partial charge in [0.15, 0.2) is 6.17 Å². The number of carbonyl (C=O) groups is 1. The summed E-state index contributed by atoms with van der Waals surface area (Å²) in [6.07, 6.45) is 21.2. The fourth-order valence-electron chi connectivity index (χ4n) is 3.82. The van der Waals surface area contributed by atoms with Crippen LogP contribution in [0.1, 0.15) is 143 Å². The Morgan fingerprint density at radius 2 is 1.10 bits per heavy atom. The molecule has 0 fully saturated rings. The molecule has 0 aromatic rings. The Bertz CT molecular complexity index is 346. The predicted octanol–water partition coefficient (Wildman–Crippen LogP) is 8.96. The molecule has 0 aliphatic heterocycles. The van der Waals surface area contributed by atoms with Gasteiger partial charge >= 0.3 is 5.97 Å². The van der Waals surface area contributed by atoms with E-state index in [0.29, 0.717) is 18.9 Å². The molecule has 174 valence electrons. The van der Waals surface area contributed by atoms with Crippen molar-refractivity contribution in [3.8, 4) is 0 Å². The van der Waals surface area contributed by atoms with Gasteiger partial charge in [0.1, 0.15) is 0 Å². The minimum Gasteiger partial charge on any atom is -0.463 e. The third kappa shape index (κ3) is 19.1. The zero-order valence-electron chi connectivity index (χ0n) is 20.0. The minimum atomic E-state index is -1.43. The third-order valence-corrected chi connectivity index (χ3v) is 6.07. The molecule has 0 rings (SSSR count). The summed E-state index contributed by atoms with van der Waals surface area (Å²) in [5, 5.41) is 0. The van der Waals surface area contributed by atoms with Crippen LogP contribution in [0.25, 0.3) is 0 Å². The lowest BCUT2D eigenvalue weighted by atomic mass is 10.0. The first kappa shape index (κ1) is 28.4. The Labute approximate surface area is 181 Å². The van der Waals surface area contributed by atoms with Crippen LogP contribution in [0.5, 0.6) is 0 Å². The summed E-state index contributed by atoms with van der Waals surface area (Å²) in [7, 11) is 0. The van der Waals surface area contributed by atoms with Gasteiger partial charge in [0.25, 0.3) is 0 Å². The number of esters is 1. The number of rotatable bonds is 22. The van der Waals surface area contributed by atoms with E-state index in [9.17, 15) is 9.18 Å². The summed E-state index contributed by atoms with van der Waals surface area (Å²) in [6, 6.07) is 0. The standard InChI is InChI=1S/C26H51FO2/c1-4-7-9-10-11-12-13-14-15-16-17-18-19-20-22-25(27)26(28)29-23-24(6-3)21-8-5-2/h24-25H,4-23H2,1-3H3. The molecule has 0 saturated carbocycles. The lowest BCUT2D eigenvalue weighted by molar-refractivity contribution is -0.151. The summed E-state index contributed by atoms with van der Waals surface area (Å²) in [5.74, 6) is -0.262. The average molecular weight is 415 g/mol.